The fourth-order valence-corrected chi connectivity index (χ4v) is 4.26. The fraction of sp³-hybridized carbons (Fsp3) is 0.156. The van der Waals surface area contributed by atoms with Crippen LogP contribution < -0.4 is 18.8 Å². The van der Waals surface area contributed by atoms with Crippen molar-refractivity contribution in [2.45, 2.75) is 20.3 Å². The summed E-state index contributed by atoms with van der Waals surface area (Å²) in [5.74, 6) is 3.84. The highest BCUT2D eigenvalue weighted by molar-refractivity contribution is 5.85. The summed E-state index contributed by atoms with van der Waals surface area (Å²) in [7, 11) is 3.75. The number of hydrogen-bond acceptors (Lipinski definition) is 3. The van der Waals surface area contributed by atoms with E-state index in [0.29, 0.717) is 11.5 Å². The number of rotatable bonds is 7. The van der Waals surface area contributed by atoms with Crippen molar-refractivity contribution in [2.75, 3.05) is 7.11 Å². The van der Waals surface area contributed by atoms with Crippen LogP contribution in [0.2, 0.25) is 0 Å². The third-order valence-electron chi connectivity index (χ3n) is 6.34. The molecule has 0 spiro atoms. The minimum Gasteiger partial charge on any atom is -0.493 e. The molecule has 4 aromatic carbocycles. The molecular formula is C32H30NO3+. The highest BCUT2D eigenvalue weighted by atomic mass is 16.5. The molecule has 0 aliphatic rings. The third-order valence-corrected chi connectivity index (χ3v) is 6.34. The average Bonchev–Trinajstić information content (AvgIpc) is 2.89. The molecule has 0 N–H and O–H groups in total. The molecule has 0 saturated carbocycles. The van der Waals surface area contributed by atoms with Gasteiger partial charge in [-0.15, -0.1) is 0 Å². The second kappa shape index (κ2) is 10.1. The molecule has 5 rings (SSSR count). The van der Waals surface area contributed by atoms with Gasteiger partial charge < -0.3 is 14.2 Å². The van der Waals surface area contributed by atoms with E-state index in [-0.39, 0.29) is 0 Å². The van der Waals surface area contributed by atoms with Crippen LogP contribution in [0.5, 0.6) is 28.7 Å². The summed E-state index contributed by atoms with van der Waals surface area (Å²) in [5.41, 5.74) is 4.73. The first-order chi connectivity index (χ1) is 17.5. The molecule has 0 amide bonds. The van der Waals surface area contributed by atoms with Crippen LogP contribution in [0, 0.1) is 13.8 Å². The van der Waals surface area contributed by atoms with Gasteiger partial charge in [0.25, 0.3) is 0 Å². The van der Waals surface area contributed by atoms with Crippen molar-refractivity contribution in [2.24, 2.45) is 7.05 Å². The minimum atomic E-state index is 0.696. The van der Waals surface area contributed by atoms with Gasteiger partial charge in [-0.05, 0) is 73.3 Å². The van der Waals surface area contributed by atoms with E-state index in [1.165, 1.54) is 22.2 Å². The second-order valence-corrected chi connectivity index (χ2v) is 9.11. The number of fused-ring (bicyclic) bond motifs is 1. The molecule has 0 aliphatic carbocycles. The van der Waals surface area contributed by atoms with Crippen molar-refractivity contribution in [1.29, 1.82) is 0 Å². The Bertz CT molecular complexity index is 1510. The molecule has 4 nitrogen and oxygen atoms in total. The number of aryl methyl sites for hydroxylation is 3. The van der Waals surface area contributed by atoms with E-state index in [9.17, 15) is 0 Å². The maximum atomic E-state index is 6.16. The van der Waals surface area contributed by atoms with E-state index in [2.05, 4.69) is 74.1 Å². The van der Waals surface area contributed by atoms with E-state index in [1.807, 2.05) is 48.5 Å². The molecule has 180 valence electrons. The standard InChI is InChI=1S/C32H30NO3/c1-22-5-11-26(12-6-22)35-28-15-10-25-17-18-33(3)30(29(25)21-28)19-24-9-16-31(32(20-24)34-4)36-27-13-7-23(2)8-14-27/h5-18,20-21H,19H2,1-4H3/q+1. The predicted octanol–water partition coefficient (Wildman–Crippen LogP) is 7.47. The lowest BCUT2D eigenvalue weighted by molar-refractivity contribution is -0.677. The Kier molecular flexibility index (Phi) is 6.59. The number of hydrogen-bond donors (Lipinski definition) is 0. The maximum Gasteiger partial charge on any atom is 0.193 e. The summed E-state index contributed by atoms with van der Waals surface area (Å²) in [6, 6.07) is 30.6. The summed E-state index contributed by atoms with van der Waals surface area (Å²) >= 11 is 0. The van der Waals surface area contributed by atoms with Gasteiger partial charge in [-0.2, -0.15) is 0 Å². The van der Waals surface area contributed by atoms with Crippen LogP contribution >= 0.6 is 0 Å². The Morgan fingerprint density at radius 1 is 0.639 bits per heavy atom. The van der Waals surface area contributed by atoms with Crippen molar-refractivity contribution in [3.8, 4) is 28.7 Å². The van der Waals surface area contributed by atoms with Gasteiger partial charge in [0.15, 0.2) is 23.4 Å². The lowest BCUT2D eigenvalue weighted by Gasteiger charge is -2.13. The van der Waals surface area contributed by atoms with Crippen LogP contribution in [-0.4, -0.2) is 7.11 Å². The largest absolute Gasteiger partial charge is 0.493 e. The molecule has 0 saturated heterocycles. The number of pyridine rings is 1. The molecule has 36 heavy (non-hydrogen) atoms. The summed E-state index contributed by atoms with van der Waals surface area (Å²) in [6.45, 7) is 4.13. The Morgan fingerprint density at radius 3 is 1.94 bits per heavy atom. The summed E-state index contributed by atoms with van der Waals surface area (Å²) in [5, 5.41) is 2.33. The normalized spacial score (nSPS) is 10.9. The van der Waals surface area contributed by atoms with Gasteiger partial charge in [0.05, 0.1) is 18.9 Å². The van der Waals surface area contributed by atoms with Gasteiger partial charge in [0.2, 0.25) is 0 Å². The molecule has 0 radical (unpaired) electrons. The quantitative estimate of drug-likeness (QED) is 0.228. The first-order valence-electron chi connectivity index (χ1n) is 12.1. The molecular weight excluding hydrogens is 446 g/mol. The van der Waals surface area contributed by atoms with Crippen LogP contribution in [0.1, 0.15) is 22.4 Å². The van der Waals surface area contributed by atoms with Gasteiger partial charge in [0, 0.05) is 6.07 Å². The van der Waals surface area contributed by atoms with Crippen molar-refractivity contribution in [1.82, 2.24) is 0 Å². The molecule has 0 bridgehead atoms. The lowest BCUT2D eigenvalue weighted by Crippen LogP contribution is -2.33. The highest BCUT2D eigenvalue weighted by Crippen LogP contribution is 2.34. The van der Waals surface area contributed by atoms with E-state index >= 15 is 0 Å². The molecule has 1 heterocycles. The minimum absolute atomic E-state index is 0.696. The Morgan fingerprint density at radius 2 is 1.28 bits per heavy atom. The Balaban J connectivity index is 1.44. The number of ether oxygens (including phenoxy) is 3. The highest BCUT2D eigenvalue weighted by Gasteiger charge is 2.16. The van der Waals surface area contributed by atoms with E-state index < -0.39 is 0 Å². The topological polar surface area (TPSA) is 31.6 Å². The second-order valence-electron chi connectivity index (χ2n) is 9.11. The van der Waals surface area contributed by atoms with Gasteiger partial charge in [0.1, 0.15) is 24.3 Å². The van der Waals surface area contributed by atoms with Crippen LogP contribution in [-0.2, 0) is 13.5 Å². The molecule has 0 atom stereocenters. The Hall–Kier alpha value is -4.31. The molecule has 0 fully saturated rings. The molecule has 5 aromatic rings. The van der Waals surface area contributed by atoms with Gasteiger partial charge in [-0.25, -0.2) is 4.57 Å². The first kappa shape index (κ1) is 23.4. The SMILES string of the molecule is COc1cc(Cc2c3cc(Oc4ccc(C)cc4)ccc3cc[n+]2C)ccc1Oc1ccc(C)cc1. The number of aromatic nitrogens is 1. The van der Waals surface area contributed by atoms with Crippen LogP contribution in [0.4, 0.5) is 0 Å². The number of methoxy groups -OCH3 is 1. The van der Waals surface area contributed by atoms with Crippen molar-refractivity contribution in [3.63, 3.8) is 0 Å². The maximum absolute atomic E-state index is 6.16. The van der Waals surface area contributed by atoms with Crippen LogP contribution in [0.3, 0.4) is 0 Å². The Labute approximate surface area is 212 Å². The van der Waals surface area contributed by atoms with Crippen molar-refractivity contribution >= 4 is 10.8 Å². The molecule has 0 unspecified atom stereocenters. The molecule has 1 aromatic heterocycles. The molecule has 4 heteroatoms. The summed E-state index contributed by atoms with van der Waals surface area (Å²) in [6.07, 6.45) is 2.84. The van der Waals surface area contributed by atoms with Crippen LogP contribution in [0.25, 0.3) is 10.8 Å². The first-order valence-corrected chi connectivity index (χ1v) is 12.1. The van der Waals surface area contributed by atoms with E-state index in [4.69, 9.17) is 14.2 Å². The van der Waals surface area contributed by atoms with E-state index in [0.717, 1.165) is 34.6 Å². The zero-order valence-electron chi connectivity index (χ0n) is 21.1. The summed E-state index contributed by atoms with van der Waals surface area (Å²) in [4.78, 5) is 0. The number of nitrogens with zero attached hydrogens (tertiary/aromatic N) is 1. The third kappa shape index (κ3) is 5.18. The monoisotopic (exact) mass is 476 g/mol. The van der Waals surface area contributed by atoms with Gasteiger partial charge >= 0.3 is 0 Å². The van der Waals surface area contributed by atoms with Crippen molar-refractivity contribution < 1.29 is 18.8 Å². The summed E-state index contributed by atoms with van der Waals surface area (Å²) < 4.78 is 20.1. The fourth-order valence-electron chi connectivity index (χ4n) is 4.26. The van der Waals surface area contributed by atoms with Gasteiger partial charge in [-0.3, -0.25) is 0 Å². The lowest BCUT2D eigenvalue weighted by atomic mass is 10.0. The van der Waals surface area contributed by atoms with Crippen molar-refractivity contribution in [3.05, 3.63) is 120 Å². The smallest absolute Gasteiger partial charge is 0.193 e. The van der Waals surface area contributed by atoms with E-state index in [1.54, 1.807) is 7.11 Å². The number of benzene rings is 4. The van der Waals surface area contributed by atoms with Gasteiger partial charge in [-0.1, -0.05) is 47.5 Å². The van der Waals surface area contributed by atoms with Crippen LogP contribution in [0.15, 0.2) is 97.2 Å². The predicted molar refractivity (Wildman–Crippen MR) is 143 cm³/mol. The zero-order valence-corrected chi connectivity index (χ0v) is 21.1. The molecule has 0 aliphatic heterocycles. The average molecular weight is 477 g/mol. The zero-order chi connectivity index (χ0) is 25.1.